The van der Waals surface area contributed by atoms with E-state index >= 15 is 0 Å². The van der Waals surface area contributed by atoms with Crippen LogP contribution in [0.3, 0.4) is 0 Å². The van der Waals surface area contributed by atoms with E-state index in [1.807, 2.05) is 4.68 Å². The summed E-state index contributed by atoms with van der Waals surface area (Å²) in [5.74, 6) is 0. The molecule has 0 N–H and O–H groups in total. The minimum absolute atomic E-state index is 0.655. The Balaban J connectivity index is 2.11. The van der Waals surface area contributed by atoms with E-state index in [-0.39, 0.29) is 0 Å². The summed E-state index contributed by atoms with van der Waals surface area (Å²) >= 11 is 0. The van der Waals surface area contributed by atoms with Gasteiger partial charge in [0.05, 0.1) is 11.7 Å². The Morgan fingerprint density at radius 3 is 2.91 bits per heavy atom. The molecule has 0 radical (unpaired) electrons. The Morgan fingerprint density at radius 2 is 2.45 bits per heavy atom. The molecule has 1 aromatic heterocycles. The Kier molecular flexibility index (Phi) is 1.64. The summed E-state index contributed by atoms with van der Waals surface area (Å²) in [5, 5.41) is 8.13. The first-order valence-electron chi connectivity index (χ1n) is 4.31. The first-order chi connectivity index (χ1) is 5.40. The quantitative estimate of drug-likeness (QED) is 0.642. The highest BCUT2D eigenvalue weighted by molar-refractivity contribution is 4.93. The van der Waals surface area contributed by atoms with E-state index < -0.39 is 0 Å². The van der Waals surface area contributed by atoms with Crippen molar-refractivity contribution in [3.05, 3.63) is 11.9 Å². The van der Waals surface area contributed by atoms with Gasteiger partial charge in [-0.25, -0.2) is 4.68 Å². The lowest BCUT2D eigenvalue weighted by molar-refractivity contribution is 0.284. The van der Waals surface area contributed by atoms with Crippen molar-refractivity contribution in [2.75, 3.05) is 0 Å². The molecule has 3 heteroatoms. The molecule has 0 spiro atoms. The minimum atomic E-state index is 0.655. The third-order valence-electron chi connectivity index (χ3n) is 2.37. The second-order valence-electron chi connectivity index (χ2n) is 3.13. The van der Waals surface area contributed by atoms with Gasteiger partial charge in [-0.05, 0) is 25.7 Å². The first-order valence-corrected chi connectivity index (χ1v) is 4.31. The zero-order valence-corrected chi connectivity index (χ0v) is 6.82. The van der Waals surface area contributed by atoms with Crippen LogP contribution in [0.1, 0.15) is 37.9 Å². The third-order valence-corrected chi connectivity index (χ3v) is 2.37. The van der Waals surface area contributed by atoms with Crippen molar-refractivity contribution >= 4 is 0 Å². The number of aromatic nitrogens is 3. The molecular weight excluding hydrogens is 138 g/mol. The maximum Gasteiger partial charge on any atom is 0.0824 e. The van der Waals surface area contributed by atoms with Crippen molar-refractivity contribution < 1.29 is 0 Å². The normalized spacial score (nSPS) is 18.3. The van der Waals surface area contributed by atoms with E-state index in [0.717, 1.165) is 12.1 Å². The molecule has 1 aliphatic rings. The molecule has 3 nitrogen and oxygen atoms in total. The van der Waals surface area contributed by atoms with Crippen LogP contribution in [0.25, 0.3) is 0 Å². The lowest BCUT2D eigenvalue weighted by Gasteiger charge is -2.24. The van der Waals surface area contributed by atoms with Gasteiger partial charge in [-0.1, -0.05) is 12.1 Å². The number of rotatable bonds is 2. The molecule has 0 saturated heterocycles. The maximum atomic E-state index is 4.08. The Labute approximate surface area is 66.4 Å². The molecule has 0 aromatic carbocycles. The van der Waals surface area contributed by atoms with Gasteiger partial charge in [0.15, 0.2) is 0 Å². The number of nitrogens with zero attached hydrogens (tertiary/aromatic N) is 3. The standard InChI is InChI=1S/C8H13N3/c1-2-7-6-11(10-9-7)8-4-3-5-8/h6,8H,2-5H2,1H3. The second-order valence-corrected chi connectivity index (χ2v) is 3.13. The van der Waals surface area contributed by atoms with Crippen molar-refractivity contribution in [3.8, 4) is 0 Å². The van der Waals surface area contributed by atoms with E-state index in [2.05, 4.69) is 23.4 Å². The molecule has 0 bridgehead atoms. The molecule has 0 unspecified atom stereocenters. The molecule has 1 aromatic rings. The molecule has 1 aliphatic carbocycles. The third kappa shape index (κ3) is 1.15. The van der Waals surface area contributed by atoms with E-state index in [4.69, 9.17) is 0 Å². The van der Waals surface area contributed by atoms with Gasteiger partial charge in [-0.2, -0.15) is 0 Å². The zero-order chi connectivity index (χ0) is 7.68. The average Bonchev–Trinajstić information content (AvgIpc) is 2.32. The fraction of sp³-hybridized carbons (Fsp3) is 0.750. The molecule has 1 heterocycles. The molecule has 1 fully saturated rings. The average molecular weight is 151 g/mol. The Bertz CT molecular complexity index is 237. The molecule has 0 amide bonds. The van der Waals surface area contributed by atoms with Crippen LogP contribution in [-0.4, -0.2) is 15.0 Å². The SMILES string of the molecule is CCc1cn(C2CCC2)nn1. The van der Waals surface area contributed by atoms with Crippen LogP contribution < -0.4 is 0 Å². The van der Waals surface area contributed by atoms with Gasteiger partial charge in [-0.3, -0.25) is 0 Å². The topological polar surface area (TPSA) is 30.7 Å². The fourth-order valence-electron chi connectivity index (χ4n) is 1.31. The van der Waals surface area contributed by atoms with Crippen LogP contribution in [0.15, 0.2) is 6.20 Å². The largest absolute Gasteiger partial charge is 0.249 e. The lowest BCUT2D eigenvalue weighted by atomic mass is 9.93. The minimum Gasteiger partial charge on any atom is -0.249 e. The molecule has 2 rings (SSSR count). The summed E-state index contributed by atoms with van der Waals surface area (Å²) in [4.78, 5) is 0. The first kappa shape index (κ1) is 6.83. The van der Waals surface area contributed by atoms with Crippen molar-refractivity contribution in [3.63, 3.8) is 0 Å². The van der Waals surface area contributed by atoms with Crippen LogP contribution in [-0.2, 0) is 6.42 Å². The predicted octanol–water partition coefficient (Wildman–Crippen LogP) is 1.57. The van der Waals surface area contributed by atoms with E-state index in [0.29, 0.717) is 6.04 Å². The van der Waals surface area contributed by atoms with Crippen molar-refractivity contribution in [1.29, 1.82) is 0 Å². The summed E-state index contributed by atoms with van der Waals surface area (Å²) in [7, 11) is 0. The van der Waals surface area contributed by atoms with Gasteiger partial charge in [-0.15, -0.1) is 5.10 Å². The van der Waals surface area contributed by atoms with Gasteiger partial charge in [0, 0.05) is 6.20 Å². The summed E-state index contributed by atoms with van der Waals surface area (Å²) in [5.41, 5.74) is 1.11. The van der Waals surface area contributed by atoms with Gasteiger partial charge in [0.25, 0.3) is 0 Å². The number of aryl methyl sites for hydroxylation is 1. The maximum absolute atomic E-state index is 4.08. The van der Waals surface area contributed by atoms with Crippen LogP contribution in [0.4, 0.5) is 0 Å². The summed E-state index contributed by atoms with van der Waals surface area (Å²) in [6.07, 6.45) is 6.99. The van der Waals surface area contributed by atoms with Gasteiger partial charge in [0.1, 0.15) is 0 Å². The molecule has 0 aliphatic heterocycles. The van der Waals surface area contributed by atoms with E-state index in [1.54, 1.807) is 0 Å². The van der Waals surface area contributed by atoms with Gasteiger partial charge < -0.3 is 0 Å². The molecule has 11 heavy (non-hydrogen) atoms. The van der Waals surface area contributed by atoms with Crippen LogP contribution in [0.5, 0.6) is 0 Å². The molecule has 1 saturated carbocycles. The van der Waals surface area contributed by atoms with Crippen LogP contribution in [0.2, 0.25) is 0 Å². The highest BCUT2D eigenvalue weighted by atomic mass is 15.4. The highest BCUT2D eigenvalue weighted by Crippen LogP contribution is 2.30. The van der Waals surface area contributed by atoms with Crippen molar-refractivity contribution in [1.82, 2.24) is 15.0 Å². The monoisotopic (exact) mass is 151 g/mol. The van der Waals surface area contributed by atoms with Crippen molar-refractivity contribution in [2.24, 2.45) is 0 Å². The second kappa shape index (κ2) is 2.64. The van der Waals surface area contributed by atoms with Crippen LogP contribution in [0, 0.1) is 0 Å². The zero-order valence-electron chi connectivity index (χ0n) is 6.82. The molecule has 0 atom stereocenters. The summed E-state index contributed by atoms with van der Waals surface area (Å²) in [6, 6.07) is 0.655. The van der Waals surface area contributed by atoms with Gasteiger partial charge in [0.2, 0.25) is 0 Å². The molecule has 60 valence electrons. The number of hydrogen-bond donors (Lipinski definition) is 0. The molecular formula is C8H13N3. The summed E-state index contributed by atoms with van der Waals surface area (Å²) in [6.45, 7) is 2.11. The number of hydrogen-bond acceptors (Lipinski definition) is 2. The Morgan fingerprint density at radius 1 is 1.64 bits per heavy atom. The smallest absolute Gasteiger partial charge is 0.0824 e. The predicted molar refractivity (Wildman–Crippen MR) is 42.3 cm³/mol. The van der Waals surface area contributed by atoms with Gasteiger partial charge >= 0.3 is 0 Å². The van der Waals surface area contributed by atoms with Crippen LogP contribution >= 0.6 is 0 Å². The fourth-order valence-corrected chi connectivity index (χ4v) is 1.31. The Hall–Kier alpha value is -0.860. The van der Waals surface area contributed by atoms with E-state index in [9.17, 15) is 0 Å². The summed E-state index contributed by atoms with van der Waals surface area (Å²) < 4.78 is 2.02. The highest BCUT2D eigenvalue weighted by Gasteiger charge is 2.20. The lowest BCUT2D eigenvalue weighted by Crippen LogP contribution is -2.17. The van der Waals surface area contributed by atoms with E-state index in [1.165, 1.54) is 19.3 Å². The van der Waals surface area contributed by atoms with Crippen molar-refractivity contribution in [2.45, 2.75) is 38.6 Å².